The summed E-state index contributed by atoms with van der Waals surface area (Å²) in [5.74, 6) is -0.652. The van der Waals surface area contributed by atoms with E-state index in [9.17, 15) is 9.59 Å². The summed E-state index contributed by atoms with van der Waals surface area (Å²) in [6.45, 7) is 13.1. The van der Waals surface area contributed by atoms with Gasteiger partial charge >= 0.3 is 12.0 Å². The minimum absolute atomic E-state index is 0.0907. The first-order chi connectivity index (χ1) is 9.05. The van der Waals surface area contributed by atoms with Crippen molar-refractivity contribution < 1.29 is 14.7 Å². The van der Waals surface area contributed by atoms with Gasteiger partial charge in [-0.05, 0) is 22.7 Å². The lowest BCUT2D eigenvalue weighted by Gasteiger charge is -2.20. The van der Waals surface area contributed by atoms with Crippen molar-refractivity contribution in [2.24, 2.45) is 22.7 Å². The zero-order valence-corrected chi connectivity index (χ0v) is 13.4. The largest absolute Gasteiger partial charge is 0.480 e. The molecule has 0 aliphatic heterocycles. The highest BCUT2D eigenvalue weighted by Crippen LogP contribution is 2.67. The third-order valence-electron chi connectivity index (χ3n) is 5.55. The van der Waals surface area contributed by atoms with Gasteiger partial charge in [0.2, 0.25) is 0 Å². The van der Waals surface area contributed by atoms with Gasteiger partial charge in [-0.3, -0.25) is 0 Å². The van der Waals surface area contributed by atoms with Gasteiger partial charge in [-0.15, -0.1) is 0 Å². The molecule has 1 unspecified atom stereocenters. The predicted octanol–water partition coefficient (Wildman–Crippen LogP) is 2.47. The molecule has 2 atom stereocenters. The average molecular weight is 284 g/mol. The summed E-state index contributed by atoms with van der Waals surface area (Å²) < 4.78 is 0. The van der Waals surface area contributed by atoms with Gasteiger partial charge < -0.3 is 15.7 Å². The maximum Gasteiger partial charge on any atom is 0.326 e. The third-order valence-corrected chi connectivity index (χ3v) is 5.55. The fourth-order valence-corrected chi connectivity index (χ4v) is 2.91. The van der Waals surface area contributed by atoms with Crippen molar-refractivity contribution in [2.75, 3.05) is 6.54 Å². The summed E-state index contributed by atoms with van der Waals surface area (Å²) >= 11 is 0. The second-order valence-corrected chi connectivity index (χ2v) is 7.05. The summed E-state index contributed by atoms with van der Waals surface area (Å²) in [5, 5.41) is 14.5. The number of aliphatic carboxylic acids is 1. The number of carboxylic acids is 1. The van der Waals surface area contributed by atoms with E-state index < -0.39 is 18.0 Å². The normalized spacial score (nSPS) is 22.7. The Morgan fingerprint density at radius 2 is 1.70 bits per heavy atom. The molecule has 0 aromatic rings. The van der Waals surface area contributed by atoms with Crippen LogP contribution < -0.4 is 10.6 Å². The highest BCUT2D eigenvalue weighted by molar-refractivity contribution is 5.82. The number of hydrogen-bond donors (Lipinski definition) is 3. The second-order valence-electron chi connectivity index (χ2n) is 7.05. The average Bonchev–Trinajstić information content (AvgIpc) is 2.72. The minimum atomic E-state index is -0.985. The number of carbonyl (C=O) groups is 2. The van der Waals surface area contributed by atoms with Crippen LogP contribution in [0, 0.1) is 22.7 Å². The van der Waals surface area contributed by atoms with Crippen LogP contribution in [0.25, 0.3) is 0 Å². The molecule has 20 heavy (non-hydrogen) atoms. The van der Waals surface area contributed by atoms with Crippen LogP contribution in [0.1, 0.15) is 48.0 Å². The lowest BCUT2D eigenvalue weighted by molar-refractivity contribution is -0.140. The summed E-state index contributed by atoms with van der Waals surface area (Å²) in [6.07, 6.45) is 0.708. The fourth-order valence-electron chi connectivity index (χ4n) is 2.91. The number of carbonyl (C=O) groups excluding carboxylic acids is 1. The zero-order chi connectivity index (χ0) is 15.7. The number of urea groups is 1. The van der Waals surface area contributed by atoms with Gasteiger partial charge in [-0.1, -0.05) is 48.0 Å². The van der Waals surface area contributed by atoms with Crippen molar-refractivity contribution in [3.05, 3.63) is 0 Å². The quantitative estimate of drug-likeness (QED) is 0.701. The molecule has 1 aliphatic carbocycles. The van der Waals surface area contributed by atoms with E-state index in [-0.39, 0.29) is 16.7 Å². The van der Waals surface area contributed by atoms with Gasteiger partial charge in [0.15, 0.2) is 0 Å². The highest BCUT2D eigenvalue weighted by Gasteiger charge is 2.64. The van der Waals surface area contributed by atoms with Gasteiger partial charge in [0, 0.05) is 6.54 Å². The van der Waals surface area contributed by atoms with Crippen LogP contribution in [-0.4, -0.2) is 29.7 Å². The van der Waals surface area contributed by atoms with Crippen molar-refractivity contribution in [1.29, 1.82) is 0 Å². The van der Waals surface area contributed by atoms with Crippen LogP contribution in [0.2, 0.25) is 0 Å². The lowest BCUT2D eigenvalue weighted by atomic mass is 9.99. The molecule has 0 heterocycles. The van der Waals surface area contributed by atoms with Crippen LogP contribution in [-0.2, 0) is 4.79 Å². The van der Waals surface area contributed by atoms with Crippen molar-refractivity contribution in [3.63, 3.8) is 0 Å². The van der Waals surface area contributed by atoms with E-state index in [0.29, 0.717) is 18.9 Å². The van der Waals surface area contributed by atoms with E-state index in [0.717, 1.165) is 0 Å². The van der Waals surface area contributed by atoms with Gasteiger partial charge in [0.05, 0.1) is 0 Å². The van der Waals surface area contributed by atoms with Crippen LogP contribution in [0.3, 0.4) is 0 Å². The maximum absolute atomic E-state index is 11.8. The number of carboxylic acid groups (broad SMARTS) is 1. The lowest BCUT2D eigenvalue weighted by Crippen LogP contribution is -2.49. The van der Waals surface area contributed by atoms with Crippen molar-refractivity contribution >= 4 is 12.0 Å². The molecular formula is C15H28N2O3. The number of hydrogen-bond acceptors (Lipinski definition) is 2. The first-order valence-electron chi connectivity index (χ1n) is 7.32. The highest BCUT2D eigenvalue weighted by atomic mass is 16.4. The maximum atomic E-state index is 11.8. The van der Waals surface area contributed by atoms with Crippen LogP contribution in [0.4, 0.5) is 4.79 Å². The molecule has 5 heteroatoms. The molecule has 1 saturated carbocycles. The molecule has 0 spiro atoms. The molecule has 0 aromatic carbocycles. The van der Waals surface area contributed by atoms with Crippen molar-refractivity contribution in [3.8, 4) is 0 Å². The Labute approximate surface area is 121 Å². The van der Waals surface area contributed by atoms with E-state index in [1.54, 1.807) is 0 Å². The predicted molar refractivity (Wildman–Crippen MR) is 78.5 cm³/mol. The minimum Gasteiger partial charge on any atom is -0.480 e. The second kappa shape index (κ2) is 5.62. The van der Waals surface area contributed by atoms with Crippen molar-refractivity contribution in [1.82, 2.24) is 10.6 Å². The van der Waals surface area contributed by atoms with E-state index in [1.165, 1.54) is 0 Å². The fraction of sp³-hybridized carbons (Fsp3) is 0.867. The van der Waals surface area contributed by atoms with Gasteiger partial charge in [-0.25, -0.2) is 9.59 Å². The summed E-state index contributed by atoms with van der Waals surface area (Å²) in [5.41, 5.74) is 0.423. The van der Waals surface area contributed by atoms with Crippen LogP contribution in [0.15, 0.2) is 0 Å². The molecule has 2 amide bonds. The Bertz CT molecular complexity index is 377. The summed E-state index contributed by atoms with van der Waals surface area (Å²) in [7, 11) is 0. The topological polar surface area (TPSA) is 78.4 Å². The first-order valence-corrected chi connectivity index (χ1v) is 7.32. The number of nitrogens with one attached hydrogen (secondary N) is 2. The molecule has 1 aliphatic rings. The molecule has 116 valence electrons. The van der Waals surface area contributed by atoms with E-state index in [2.05, 4.69) is 38.3 Å². The molecular weight excluding hydrogens is 256 g/mol. The molecule has 0 bridgehead atoms. The zero-order valence-electron chi connectivity index (χ0n) is 13.4. The molecule has 1 rings (SSSR count). The Hall–Kier alpha value is -1.26. The van der Waals surface area contributed by atoms with Crippen LogP contribution >= 0.6 is 0 Å². The molecule has 5 nitrogen and oxygen atoms in total. The Morgan fingerprint density at radius 3 is 2.05 bits per heavy atom. The Kier molecular flexibility index (Phi) is 4.72. The van der Waals surface area contributed by atoms with Gasteiger partial charge in [0.25, 0.3) is 0 Å². The molecule has 0 aromatic heterocycles. The summed E-state index contributed by atoms with van der Waals surface area (Å²) in [4.78, 5) is 23.0. The molecule has 1 fully saturated rings. The number of amides is 2. The van der Waals surface area contributed by atoms with E-state index in [4.69, 9.17) is 5.11 Å². The van der Waals surface area contributed by atoms with Crippen LogP contribution in [0.5, 0.6) is 0 Å². The third kappa shape index (κ3) is 3.07. The Balaban J connectivity index is 2.46. The van der Waals surface area contributed by atoms with Gasteiger partial charge in [0.1, 0.15) is 6.04 Å². The smallest absolute Gasteiger partial charge is 0.326 e. The molecule has 0 saturated heterocycles. The monoisotopic (exact) mass is 284 g/mol. The van der Waals surface area contributed by atoms with E-state index in [1.807, 2.05) is 13.8 Å². The van der Waals surface area contributed by atoms with Gasteiger partial charge in [-0.2, -0.15) is 0 Å². The molecule has 3 N–H and O–H groups in total. The molecule has 0 radical (unpaired) electrons. The van der Waals surface area contributed by atoms with E-state index >= 15 is 0 Å². The SMILES string of the molecule is CCC(C)[C@H](NC(=O)NCC1C(C)(C)C1(C)C)C(=O)O. The number of rotatable bonds is 6. The summed E-state index contributed by atoms with van der Waals surface area (Å²) in [6, 6.07) is -1.23. The van der Waals surface area contributed by atoms with Crippen molar-refractivity contribution in [2.45, 2.75) is 54.0 Å². The Morgan fingerprint density at radius 1 is 1.20 bits per heavy atom. The first kappa shape index (κ1) is 16.8. The standard InChI is InChI=1S/C15H28N2O3/c1-7-9(2)11(12(18)19)17-13(20)16-8-10-14(3,4)15(10,5)6/h9-11H,7-8H2,1-6H3,(H,18,19)(H2,16,17,20)/t9?,11-/m0/s1.